The summed E-state index contributed by atoms with van der Waals surface area (Å²) in [5.41, 5.74) is 2.92. The minimum Gasteiger partial charge on any atom is -0.462 e. The number of nitrogens with one attached hydrogen (secondary N) is 1. The van der Waals surface area contributed by atoms with Crippen molar-refractivity contribution in [1.82, 2.24) is 0 Å². The fourth-order valence-electron chi connectivity index (χ4n) is 3.35. The maximum absolute atomic E-state index is 12.5. The number of amides is 1. The molecule has 1 amide bonds. The summed E-state index contributed by atoms with van der Waals surface area (Å²) in [5.74, 6) is 0.365. The molecule has 1 heterocycles. The Hall–Kier alpha value is -4.71. The number of ketones is 1. The van der Waals surface area contributed by atoms with E-state index in [4.69, 9.17) is 9.15 Å². The van der Waals surface area contributed by atoms with Crippen LogP contribution < -0.4 is 5.32 Å². The molecule has 6 heteroatoms. The summed E-state index contributed by atoms with van der Waals surface area (Å²) in [6.07, 6.45) is 3.04. The third-order valence-corrected chi connectivity index (χ3v) is 5.17. The molecule has 4 aromatic rings. The lowest BCUT2D eigenvalue weighted by molar-refractivity contribution is 0.0526. The molecule has 35 heavy (non-hydrogen) atoms. The van der Waals surface area contributed by atoms with E-state index < -0.39 is 0 Å². The molecular formula is C29H23NO5. The largest absolute Gasteiger partial charge is 0.462 e. The van der Waals surface area contributed by atoms with E-state index in [2.05, 4.69) is 5.32 Å². The Morgan fingerprint density at radius 1 is 0.800 bits per heavy atom. The fourth-order valence-corrected chi connectivity index (χ4v) is 3.35. The zero-order valence-corrected chi connectivity index (χ0v) is 19.1. The van der Waals surface area contributed by atoms with E-state index in [0.717, 1.165) is 5.56 Å². The molecule has 0 unspecified atom stereocenters. The summed E-state index contributed by atoms with van der Waals surface area (Å²) in [7, 11) is 0. The second kappa shape index (κ2) is 10.9. The number of hydrogen-bond donors (Lipinski definition) is 1. The molecule has 4 rings (SSSR count). The monoisotopic (exact) mass is 465 g/mol. The standard InChI is InChI=1S/C29H23NO5/c1-2-34-29(33)23-10-8-21(9-11-23)27-19-17-25(35-27)16-18-26(31)20-12-14-24(15-13-20)30-28(32)22-6-4-3-5-7-22/h3-19H,2H2,1H3,(H,30,32)/b18-16+. The van der Waals surface area contributed by atoms with Crippen LogP contribution in [0.5, 0.6) is 0 Å². The van der Waals surface area contributed by atoms with E-state index in [0.29, 0.717) is 40.5 Å². The third kappa shape index (κ3) is 6.00. The number of allylic oxidation sites excluding steroid dienone is 1. The van der Waals surface area contributed by atoms with Crippen LogP contribution in [0.4, 0.5) is 5.69 Å². The fraction of sp³-hybridized carbons (Fsp3) is 0.0690. The number of furan rings is 1. The minimum absolute atomic E-state index is 0.192. The Balaban J connectivity index is 1.37. The second-order valence-electron chi connectivity index (χ2n) is 7.59. The van der Waals surface area contributed by atoms with Gasteiger partial charge in [0.05, 0.1) is 12.2 Å². The molecule has 3 aromatic carbocycles. The molecule has 0 fully saturated rings. The van der Waals surface area contributed by atoms with Crippen molar-refractivity contribution in [3.8, 4) is 11.3 Å². The molecule has 0 bridgehead atoms. The van der Waals surface area contributed by atoms with Crippen LogP contribution in [0.2, 0.25) is 0 Å². The molecule has 0 radical (unpaired) electrons. The predicted octanol–water partition coefficient (Wildman–Crippen LogP) is 6.27. The Morgan fingerprint density at radius 2 is 1.49 bits per heavy atom. The molecule has 0 spiro atoms. The first kappa shape index (κ1) is 23.4. The molecule has 174 valence electrons. The molecular weight excluding hydrogens is 442 g/mol. The van der Waals surface area contributed by atoms with E-state index in [1.165, 1.54) is 6.08 Å². The van der Waals surface area contributed by atoms with Crippen molar-refractivity contribution in [3.63, 3.8) is 0 Å². The van der Waals surface area contributed by atoms with Crippen LogP contribution in [0.1, 0.15) is 43.8 Å². The molecule has 0 saturated heterocycles. The highest BCUT2D eigenvalue weighted by molar-refractivity contribution is 6.07. The molecule has 0 aliphatic carbocycles. The first-order valence-electron chi connectivity index (χ1n) is 11.1. The average Bonchev–Trinajstić information content (AvgIpc) is 3.37. The van der Waals surface area contributed by atoms with Crippen molar-refractivity contribution in [1.29, 1.82) is 0 Å². The summed E-state index contributed by atoms with van der Waals surface area (Å²) in [5, 5.41) is 2.81. The maximum Gasteiger partial charge on any atom is 0.338 e. The van der Waals surface area contributed by atoms with E-state index in [9.17, 15) is 14.4 Å². The zero-order valence-electron chi connectivity index (χ0n) is 19.1. The van der Waals surface area contributed by atoms with Gasteiger partial charge in [-0.2, -0.15) is 0 Å². The topological polar surface area (TPSA) is 85.6 Å². The van der Waals surface area contributed by atoms with E-state index >= 15 is 0 Å². The van der Waals surface area contributed by atoms with Crippen LogP contribution >= 0.6 is 0 Å². The van der Waals surface area contributed by atoms with Crippen molar-refractivity contribution >= 4 is 29.4 Å². The second-order valence-corrected chi connectivity index (χ2v) is 7.59. The number of benzene rings is 3. The van der Waals surface area contributed by atoms with Crippen LogP contribution in [0.3, 0.4) is 0 Å². The maximum atomic E-state index is 12.5. The first-order valence-corrected chi connectivity index (χ1v) is 11.1. The van der Waals surface area contributed by atoms with Crippen molar-refractivity contribution in [2.24, 2.45) is 0 Å². The Morgan fingerprint density at radius 3 is 2.17 bits per heavy atom. The molecule has 1 aromatic heterocycles. The summed E-state index contributed by atoms with van der Waals surface area (Å²) < 4.78 is 10.8. The molecule has 0 aliphatic heterocycles. The van der Waals surface area contributed by atoms with E-state index in [1.54, 1.807) is 97.9 Å². The number of carbonyl (C=O) groups is 3. The smallest absolute Gasteiger partial charge is 0.338 e. The van der Waals surface area contributed by atoms with Crippen molar-refractivity contribution in [2.45, 2.75) is 6.92 Å². The molecule has 0 aliphatic rings. The van der Waals surface area contributed by atoms with E-state index in [1.807, 2.05) is 6.07 Å². The number of carbonyl (C=O) groups excluding carboxylic acids is 3. The SMILES string of the molecule is CCOC(=O)c1ccc(-c2ccc(/C=C/C(=O)c3ccc(NC(=O)c4ccccc4)cc3)o2)cc1. The summed E-state index contributed by atoms with van der Waals surface area (Å²) >= 11 is 0. The van der Waals surface area contributed by atoms with Gasteiger partial charge in [-0.05, 0) is 79.7 Å². The number of hydrogen-bond acceptors (Lipinski definition) is 5. The van der Waals surface area contributed by atoms with Crippen LogP contribution in [-0.2, 0) is 4.74 Å². The molecule has 1 N–H and O–H groups in total. The first-order chi connectivity index (χ1) is 17.0. The third-order valence-electron chi connectivity index (χ3n) is 5.17. The highest BCUT2D eigenvalue weighted by atomic mass is 16.5. The molecule has 0 saturated carbocycles. The Labute approximate surface area is 202 Å². The van der Waals surface area contributed by atoms with Gasteiger partial charge in [0, 0.05) is 22.4 Å². The lowest BCUT2D eigenvalue weighted by Gasteiger charge is -2.05. The van der Waals surface area contributed by atoms with Crippen LogP contribution in [0.25, 0.3) is 17.4 Å². The van der Waals surface area contributed by atoms with Gasteiger partial charge in [0.1, 0.15) is 11.5 Å². The highest BCUT2D eigenvalue weighted by Crippen LogP contribution is 2.24. The number of ether oxygens (including phenoxy) is 1. The van der Waals surface area contributed by atoms with Gasteiger partial charge in [0.25, 0.3) is 5.91 Å². The van der Waals surface area contributed by atoms with Crippen LogP contribution in [-0.4, -0.2) is 24.3 Å². The lowest BCUT2D eigenvalue weighted by atomic mass is 10.1. The van der Waals surface area contributed by atoms with E-state index in [-0.39, 0.29) is 17.7 Å². The minimum atomic E-state index is -0.368. The zero-order chi connectivity index (χ0) is 24.6. The highest BCUT2D eigenvalue weighted by Gasteiger charge is 2.09. The molecule has 6 nitrogen and oxygen atoms in total. The van der Waals surface area contributed by atoms with Gasteiger partial charge in [0.2, 0.25) is 0 Å². The van der Waals surface area contributed by atoms with Gasteiger partial charge in [-0.3, -0.25) is 9.59 Å². The number of rotatable bonds is 8. The quantitative estimate of drug-likeness (QED) is 0.188. The van der Waals surface area contributed by atoms with Gasteiger partial charge in [0.15, 0.2) is 5.78 Å². The lowest BCUT2D eigenvalue weighted by Crippen LogP contribution is -2.11. The van der Waals surface area contributed by atoms with Crippen LogP contribution in [0, 0.1) is 0 Å². The van der Waals surface area contributed by atoms with Gasteiger partial charge in [-0.15, -0.1) is 0 Å². The normalized spacial score (nSPS) is 10.8. The predicted molar refractivity (Wildman–Crippen MR) is 134 cm³/mol. The summed E-state index contributed by atoms with van der Waals surface area (Å²) in [6.45, 7) is 2.08. The van der Waals surface area contributed by atoms with Gasteiger partial charge in [-0.25, -0.2) is 4.79 Å². The number of anilines is 1. The Kier molecular flexibility index (Phi) is 7.33. The van der Waals surface area contributed by atoms with Gasteiger partial charge < -0.3 is 14.5 Å². The van der Waals surface area contributed by atoms with Crippen molar-refractivity contribution < 1.29 is 23.5 Å². The Bertz CT molecular complexity index is 1350. The summed E-state index contributed by atoms with van der Waals surface area (Å²) in [4.78, 5) is 36.6. The van der Waals surface area contributed by atoms with Crippen molar-refractivity contribution in [3.05, 3.63) is 120 Å². The molecule has 0 atom stereocenters. The van der Waals surface area contributed by atoms with Gasteiger partial charge >= 0.3 is 5.97 Å². The average molecular weight is 466 g/mol. The summed E-state index contributed by atoms with van der Waals surface area (Å²) in [6, 6.07) is 26.1. The van der Waals surface area contributed by atoms with Crippen molar-refractivity contribution in [2.75, 3.05) is 11.9 Å². The van der Waals surface area contributed by atoms with Crippen LogP contribution in [0.15, 0.2) is 101 Å². The number of esters is 1. The van der Waals surface area contributed by atoms with Gasteiger partial charge in [-0.1, -0.05) is 30.3 Å².